The van der Waals surface area contributed by atoms with E-state index in [-0.39, 0.29) is 25.1 Å². The van der Waals surface area contributed by atoms with E-state index in [4.69, 9.17) is 4.74 Å². The van der Waals surface area contributed by atoms with Gasteiger partial charge in [-0.15, -0.1) is 0 Å². The Hall–Kier alpha value is -2.54. The van der Waals surface area contributed by atoms with Crippen molar-refractivity contribution in [2.45, 2.75) is 40.7 Å². The fraction of sp³-hybridized carbons (Fsp3) is 0.409. The Kier molecular flexibility index (Phi) is 7.30. The number of benzene rings is 2. The molecule has 1 amide bonds. The predicted octanol–water partition coefficient (Wildman–Crippen LogP) is 3.27. The second-order valence-electron chi connectivity index (χ2n) is 7.61. The van der Waals surface area contributed by atoms with Gasteiger partial charge in [-0.3, -0.25) is 9.10 Å². The van der Waals surface area contributed by atoms with Gasteiger partial charge in [-0.1, -0.05) is 35.4 Å². The Bertz CT molecular complexity index is 946. The van der Waals surface area contributed by atoms with Crippen molar-refractivity contribution in [2.75, 3.05) is 23.7 Å². The number of amides is 1. The highest BCUT2D eigenvalue weighted by Gasteiger charge is 2.24. The van der Waals surface area contributed by atoms with Gasteiger partial charge in [-0.05, 0) is 57.9 Å². The summed E-state index contributed by atoms with van der Waals surface area (Å²) >= 11 is 0. The molecule has 0 radical (unpaired) electrons. The minimum absolute atomic E-state index is 0.273. The van der Waals surface area contributed by atoms with E-state index in [1.165, 1.54) is 4.31 Å². The average molecular weight is 419 g/mol. The van der Waals surface area contributed by atoms with E-state index in [2.05, 4.69) is 5.32 Å². The second kappa shape index (κ2) is 9.31. The molecule has 1 atom stereocenters. The molecular weight excluding hydrogens is 388 g/mol. The second-order valence-corrected chi connectivity index (χ2v) is 9.52. The number of anilines is 1. The number of nitrogens with one attached hydrogen (secondary N) is 1. The van der Waals surface area contributed by atoms with Crippen LogP contribution in [-0.4, -0.2) is 39.8 Å². The summed E-state index contributed by atoms with van der Waals surface area (Å²) < 4.78 is 31.7. The van der Waals surface area contributed by atoms with Crippen LogP contribution in [0.3, 0.4) is 0 Å². The molecule has 2 rings (SSSR count). The molecule has 6 nitrogen and oxygen atoms in total. The molecular formula is C22H30N2O4S. The molecule has 0 fully saturated rings. The van der Waals surface area contributed by atoms with Crippen LogP contribution in [0.25, 0.3) is 0 Å². The number of ether oxygens (including phenoxy) is 1. The lowest BCUT2D eigenvalue weighted by atomic mass is 10.1. The van der Waals surface area contributed by atoms with Gasteiger partial charge in [0.15, 0.2) is 0 Å². The number of aryl methyl sites for hydroxylation is 4. The zero-order chi connectivity index (χ0) is 21.8. The van der Waals surface area contributed by atoms with Gasteiger partial charge in [0.05, 0.1) is 18.0 Å². The van der Waals surface area contributed by atoms with Crippen molar-refractivity contribution in [3.63, 3.8) is 0 Å². The molecule has 0 aliphatic heterocycles. The summed E-state index contributed by atoms with van der Waals surface area (Å²) in [4.78, 5) is 12.6. The van der Waals surface area contributed by atoms with Gasteiger partial charge in [0, 0.05) is 0 Å². The SMILES string of the molecule is Cc1ccc(OCC(C)NC(=O)CN(c2c(C)cc(C)cc2C)S(C)(=O)=O)cc1. The first-order valence-electron chi connectivity index (χ1n) is 9.51. The first-order valence-corrected chi connectivity index (χ1v) is 11.4. The molecule has 0 aliphatic rings. The van der Waals surface area contributed by atoms with Crippen molar-refractivity contribution in [1.82, 2.24) is 5.32 Å². The van der Waals surface area contributed by atoms with Crippen molar-refractivity contribution in [2.24, 2.45) is 0 Å². The zero-order valence-corrected chi connectivity index (χ0v) is 18.8. The Morgan fingerprint density at radius 1 is 1.03 bits per heavy atom. The molecule has 0 saturated carbocycles. The monoisotopic (exact) mass is 418 g/mol. The zero-order valence-electron chi connectivity index (χ0n) is 17.9. The number of sulfonamides is 1. The van der Waals surface area contributed by atoms with E-state index >= 15 is 0 Å². The van der Waals surface area contributed by atoms with Crippen molar-refractivity contribution in [1.29, 1.82) is 0 Å². The summed E-state index contributed by atoms with van der Waals surface area (Å²) in [6.45, 7) is 9.48. The largest absolute Gasteiger partial charge is 0.491 e. The number of carbonyl (C=O) groups excluding carboxylic acids is 1. The molecule has 0 bridgehead atoms. The lowest BCUT2D eigenvalue weighted by Crippen LogP contribution is -2.45. The van der Waals surface area contributed by atoms with Crippen LogP contribution in [-0.2, 0) is 14.8 Å². The van der Waals surface area contributed by atoms with Crippen LogP contribution in [0.1, 0.15) is 29.2 Å². The highest BCUT2D eigenvalue weighted by atomic mass is 32.2. The molecule has 2 aromatic carbocycles. The highest BCUT2D eigenvalue weighted by Crippen LogP contribution is 2.28. The summed E-state index contributed by atoms with van der Waals surface area (Å²) in [6, 6.07) is 11.2. The summed E-state index contributed by atoms with van der Waals surface area (Å²) in [5, 5.41) is 2.81. The number of hydrogen-bond donors (Lipinski definition) is 1. The standard InChI is InChI=1S/C22H30N2O4S/c1-15-7-9-20(10-8-15)28-14-19(5)23-21(25)13-24(29(6,26)27)22-17(3)11-16(2)12-18(22)4/h7-12,19H,13-14H2,1-6H3,(H,23,25). The Balaban J connectivity index is 2.06. The van der Waals surface area contributed by atoms with Crippen molar-refractivity contribution < 1.29 is 17.9 Å². The highest BCUT2D eigenvalue weighted by molar-refractivity contribution is 7.92. The third-order valence-electron chi connectivity index (χ3n) is 4.50. The van der Waals surface area contributed by atoms with E-state index in [1.54, 1.807) is 0 Å². The number of rotatable bonds is 8. The van der Waals surface area contributed by atoms with Gasteiger partial charge < -0.3 is 10.1 Å². The fourth-order valence-corrected chi connectivity index (χ4v) is 4.25. The van der Waals surface area contributed by atoms with Crippen LogP contribution in [0, 0.1) is 27.7 Å². The molecule has 0 aliphatic carbocycles. The number of carbonyl (C=O) groups is 1. The van der Waals surface area contributed by atoms with Gasteiger partial charge in [0.25, 0.3) is 0 Å². The molecule has 0 spiro atoms. The van der Waals surface area contributed by atoms with Crippen LogP contribution in [0.2, 0.25) is 0 Å². The van der Waals surface area contributed by atoms with Crippen molar-refractivity contribution >= 4 is 21.6 Å². The van der Waals surface area contributed by atoms with Crippen molar-refractivity contribution in [3.8, 4) is 5.75 Å². The van der Waals surface area contributed by atoms with Crippen LogP contribution >= 0.6 is 0 Å². The van der Waals surface area contributed by atoms with Gasteiger partial charge in [0.2, 0.25) is 15.9 Å². The minimum Gasteiger partial charge on any atom is -0.491 e. The van der Waals surface area contributed by atoms with E-state index in [9.17, 15) is 13.2 Å². The average Bonchev–Trinajstić information content (AvgIpc) is 2.58. The maximum atomic E-state index is 12.6. The van der Waals surface area contributed by atoms with E-state index in [0.29, 0.717) is 5.69 Å². The molecule has 0 heterocycles. The molecule has 1 N–H and O–H groups in total. The predicted molar refractivity (Wildman–Crippen MR) is 117 cm³/mol. The third kappa shape index (κ3) is 6.49. The van der Waals surface area contributed by atoms with Crippen LogP contribution in [0.5, 0.6) is 5.75 Å². The van der Waals surface area contributed by atoms with Gasteiger partial charge in [0.1, 0.15) is 18.9 Å². The lowest BCUT2D eigenvalue weighted by molar-refractivity contribution is -0.120. The normalized spacial score (nSPS) is 12.3. The first-order chi connectivity index (χ1) is 13.5. The first kappa shape index (κ1) is 22.7. The summed E-state index contributed by atoms with van der Waals surface area (Å²) in [5.74, 6) is 0.343. The molecule has 2 aromatic rings. The summed E-state index contributed by atoms with van der Waals surface area (Å²) in [5.41, 5.74) is 4.37. The number of hydrogen-bond acceptors (Lipinski definition) is 4. The molecule has 0 aromatic heterocycles. The lowest BCUT2D eigenvalue weighted by Gasteiger charge is -2.26. The molecule has 158 valence electrons. The summed E-state index contributed by atoms with van der Waals surface area (Å²) in [7, 11) is -3.62. The molecule has 7 heteroatoms. The maximum Gasteiger partial charge on any atom is 0.241 e. The Labute approximate surface area is 173 Å². The third-order valence-corrected chi connectivity index (χ3v) is 5.61. The smallest absolute Gasteiger partial charge is 0.241 e. The van der Waals surface area contributed by atoms with E-state index < -0.39 is 10.0 Å². The van der Waals surface area contributed by atoms with Crippen LogP contribution in [0.15, 0.2) is 36.4 Å². The fourth-order valence-electron chi connectivity index (χ4n) is 3.28. The van der Waals surface area contributed by atoms with Crippen molar-refractivity contribution in [3.05, 3.63) is 58.7 Å². The topological polar surface area (TPSA) is 75.7 Å². The number of nitrogens with zero attached hydrogens (tertiary/aromatic N) is 1. The van der Waals surface area contributed by atoms with Crippen LogP contribution in [0.4, 0.5) is 5.69 Å². The van der Waals surface area contributed by atoms with E-state index in [1.807, 2.05) is 71.0 Å². The van der Waals surface area contributed by atoms with Crippen LogP contribution < -0.4 is 14.4 Å². The minimum atomic E-state index is -3.62. The quantitative estimate of drug-likeness (QED) is 0.714. The van der Waals surface area contributed by atoms with E-state index in [0.717, 1.165) is 34.3 Å². The maximum absolute atomic E-state index is 12.6. The summed E-state index contributed by atoms with van der Waals surface area (Å²) in [6.07, 6.45) is 1.11. The molecule has 0 saturated heterocycles. The van der Waals surface area contributed by atoms with Gasteiger partial charge in [-0.2, -0.15) is 0 Å². The van der Waals surface area contributed by atoms with Gasteiger partial charge >= 0.3 is 0 Å². The molecule has 29 heavy (non-hydrogen) atoms. The molecule has 1 unspecified atom stereocenters. The Morgan fingerprint density at radius 3 is 2.10 bits per heavy atom. The Morgan fingerprint density at radius 2 is 1.59 bits per heavy atom. The van der Waals surface area contributed by atoms with Gasteiger partial charge in [-0.25, -0.2) is 8.42 Å².